The number of rotatable bonds is 5. The molecule has 0 unspecified atom stereocenters. The van der Waals surface area contributed by atoms with Crippen molar-refractivity contribution in [1.82, 2.24) is 4.90 Å². The maximum atomic E-state index is 13.0. The highest BCUT2D eigenvalue weighted by molar-refractivity contribution is 6.09. The summed E-state index contributed by atoms with van der Waals surface area (Å²) in [6, 6.07) is 13.1. The van der Waals surface area contributed by atoms with Crippen molar-refractivity contribution < 1.29 is 19.1 Å². The van der Waals surface area contributed by atoms with Gasteiger partial charge in [0.2, 0.25) is 17.7 Å². The van der Waals surface area contributed by atoms with Gasteiger partial charge in [0.1, 0.15) is 18.0 Å². The number of imide groups is 1. The van der Waals surface area contributed by atoms with Gasteiger partial charge < -0.3 is 10.1 Å². The van der Waals surface area contributed by atoms with Gasteiger partial charge in [0.05, 0.1) is 11.8 Å². The molecule has 6 nitrogen and oxygen atoms in total. The summed E-state index contributed by atoms with van der Waals surface area (Å²) in [6.07, 6.45) is 5.40. The number of allylic oxidation sites excluding steroid dienone is 2. The number of likely N-dealkylation sites (tertiary alicyclic amines) is 1. The molecule has 168 valence electrons. The van der Waals surface area contributed by atoms with E-state index < -0.39 is 0 Å². The predicted molar refractivity (Wildman–Crippen MR) is 122 cm³/mol. The number of carbonyl (C=O) groups excluding carboxylic acids is 3. The molecule has 0 spiro atoms. The van der Waals surface area contributed by atoms with Gasteiger partial charge >= 0.3 is 0 Å². The standard InChI is InChI=1S/C27H26N2O4/c1-14-9-15(2)11-18(10-14)33-17-5-3-16(4-6-17)28-23(30)13-29-26(31)24-19-7-8-20(22-12-21(19)22)25(24)27(29)32/h3-11,19-22,24-25H,12-13H2,1-2H3,(H,28,30)/t19-,20-,21-,22+,24+,25+/m0/s1. The molecule has 4 aliphatic carbocycles. The number of hydrogen-bond acceptors (Lipinski definition) is 4. The lowest BCUT2D eigenvalue weighted by atomic mass is 9.63. The van der Waals surface area contributed by atoms with Crippen LogP contribution in [-0.2, 0) is 14.4 Å². The molecule has 5 aliphatic rings. The van der Waals surface area contributed by atoms with Crippen LogP contribution in [0, 0.1) is 49.4 Å². The summed E-state index contributed by atoms with van der Waals surface area (Å²) in [4.78, 5) is 39.9. The maximum absolute atomic E-state index is 13.0. The van der Waals surface area contributed by atoms with Crippen molar-refractivity contribution in [3.8, 4) is 11.5 Å². The van der Waals surface area contributed by atoms with Gasteiger partial charge in [0.15, 0.2) is 0 Å². The van der Waals surface area contributed by atoms with Gasteiger partial charge in [0.25, 0.3) is 0 Å². The van der Waals surface area contributed by atoms with E-state index in [0.717, 1.165) is 23.3 Å². The molecule has 2 aromatic carbocycles. The van der Waals surface area contributed by atoms with Crippen molar-refractivity contribution >= 4 is 23.4 Å². The molecule has 2 bridgehead atoms. The van der Waals surface area contributed by atoms with E-state index in [1.54, 1.807) is 24.3 Å². The number of nitrogens with zero attached hydrogens (tertiary/aromatic N) is 1. The summed E-state index contributed by atoms with van der Waals surface area (Å²) < 4.78 is 5.91. The molecule has 3 amide bonds. The third-order valence-corrected chi connectivity index (χ3v) is 7.62. The third kappa shape index (κ3) is 3.36. The van der Waals surface area contributed by atoms with Gasteiger partial charge in [-0.3, -0.25) is 19.3 Å². The topological polar surface area (TPSA) is 75.7 Å². The number of ether oxygens (including phenoxy) is 1. The summed E-state index contributed by atoms with van der Waals surface area (Å²) in [7, 11) is 0. The Balaban J connectivity index is 1.09. The second-order valence-corrected chi connectivity index (χ2v) is 9.92. The van der Waals surface area contributed by atoms with Crippen LogP contribution in [-0.4, -0.2) is 29.2 Å². The quantitative estimate of drug-likeness (QED) is 0.559. The second-order valence-electron chi connectivity index (χ2n) is 9.92. The lowest BCUT2D eigenvalue weighted by molar-refractivity contribution is -0.142. The van der Waals surface area contributed by atoms with Crippen LogP contribution in [0.5, 0.6) is 11.5 Å². The molecule has 7 rings (SSSR count). The Kier molecular flexibility index (Phi) is 4.47. The molecule has 6 heteroatoms. The van der Waals surface area contributed by atoms with E-state index in [4.69, 9.17) is 4.74 Å². The number of aryl methyl sites for hydroxylation is 2. The Bertz CT molecular complexity index is 1140. The van der Waals surface area contributed by atoms with Crippen molar-refractivity contribution in [2.75, 3.05) is 11.9 Å². The number of hydrogen-bond donors (Lipinski definition) is 1. The van der Waals surface area contributed by atoms with E-state index in [1.807, 2.05) is 26.0 Å². The SMILES string of the molecule is Cc1cc(C)cc(Oc2ccc(NC(=O)CN3C(=O)[C@@H]4[C@H]5C=C[C@@H]([C@@H]6C[C@H]56)[C@H]4C3=O)cc2)c1. The molecule has 3 fully saturated rings. The van der Waals surface area contributed by atoms with Crippen LogP contribution < -0.4 is 10.1 Å². The van der Waals surface area contributed by atoms with Crippen LogP contribution in [0.15, 0.2) is 54.6 Å². The summed E-state index contributed by atoms with van der Waals surface area (Å²) in [5.74, 6) is 1.58. The molecule has 1 heterocycles. The minimum atomic E-state index is -0.371. The highest BCUT2D eigenvalue weighted by atomic mass is 16.5. The van der Waals surface area contributed by atoms with Gasteiger partial charge in [-0.15, -0.1) is 0 Å². The first kappa shape index (κ1) is 20.2. The van der Waals surface area contributed by atoms with E-state index in [-0.39, 0.29) is 47.9 Å². The Morgan fingerprint density at radius 3 is 2.06 bits per heavy atom. The molecule has 6 atom stereocenters. The van der Waals surface area contributed by atoms with Gasteiger partial charge in [0, 0.05) is 5.69 Å². The third-order valence-electron chi connectivity index (χ3n) is 7.62. The minimum Gasteiger partial charge on any atom is -0.457 e. The molecular formula is C27H26N2O4. The molecular weight excluding hydrogens is 416 g/mol. The largest absolute Gasteiger partial charge is 0.457 e. The fourth-order valence-electron chi connectivity index (χ4n) is 6.25. The van der Waals surface area contributed by atoms with Crippen molar-refractivity contribution in [2.45, 2.75) is 20.3 Å². The lowest BCUT2D eigenvalue weighted by Gasteiger charge is -2.37. The first-order chi connectivity index (χ1) is 15.9. The van der Waals surface area contributed by atoms with Crippen LogP contribution >= 0.6 is 0 Å². The molecule has 2 saturated carbocycles. The number of amides is 3. The molecule has 0 radical (unpaired) electrons. The zero-order valence-electron chi connectivity index (χ0n) is 18.7. The molecule has 2 aromatic rings. The highest BCUT2D eigenvalue weighted by Gasteiger charge is 2.67. The predicted octanol–water partition coefficient (Wildman–Crippen LogP) is 4.09. The van der Waals surface area contributed by atoms with E-state index in [0.29, 0.717) is 23.3 Å². The Labute approximate surface area is 192 Å². The minimum absolute atomic E-state index is 0.166. The van der Waals surface area contributed by atoms with E-state index >= 15 is 0 Å². The van der Waals surface area contributed by atoms with Crippen LogP contribution in [0.25, 0.3) is 0 Å². The van der Waals surface area contributed by atoms with Gasteiger partial charge in [-0.2, -0.15) is 0 Å². The van der Waals surface area contributed by atoms with E-state index in [2.05, 4.69) is 23.5 Å². The normalized spacial score (nSPS) is 30.8. The molecule has 0 aromatic heterocycles. The Morgan fingerprint density at radius 1 is 0.909 bits per heavy atom. The highest BCUT2D eigenvalue weighted by Crippen LogP contribution is 2.65. The smallest absolute Gasteiger partial charge is 0.244 e. The van der Waals surface area contributed by atoms with Crippen molar-refractivity contribution in [1.29, 1.82) is 0 Å². The number of anilines is 1. The van der Waals surface area contributed by atoms with Gasteiger partial charge in [-0.05, 0) is 91.5 Å². The van der Waals surface area contributed by atoms with Crippen molar-refractivity contribution in [2.24, 2.45) is 35.5 Å². The van der Waals surface area contributed by atoms with Gasteiger partial charge in [-0.25, -0.2) is 0 Å². The molecule has 1 saturated heterocycles. The Hall–Kier alpha value is -3.41. The monoisotopic (exact) mass is 442 g/mol. The van der Waals surface area contributed by atoms with Crippen LogP contribution in [0.1, 0.15) is 17.5 Å². The number of benzene rings is 2. The fourth-order valence-corrected chi connectivity index (χ4v) is 6.25. The van der Waals surface area contributed by atoms with Crippen LogP contribution in [0.3, 0.4) is 0 Å². The first-order valence-corrected chi connectivity index (χ1v) is 11.6. The van der Waals surface area contributed by atoms with E-state index in [9.17, 15) is 14.4 Å². The lowest BCUT2D eigenvalue weighted by Crippen LogP contribution is -2.40. The maximum Gasteiger partial charge on any atom is 0.244 e. The molecule has 1 aliphatic heterocycles. The van der Waals surface area contributed by atoms with E-state index in [1.165, 1.54) is 4.90 Å². The number of nitrogens with one attached hydrogen (secondary N) is 1. The first-order valence-electron chi connectivity index (χ1n) is 11.6. The zero-order chi connectivity index (χ0) is 22.9. The molecule has 1 N–H and O–H groups in total. The van der Waals surface area contributed by atoms with Crippen LogP contribution in [0.4, 0.5) is 5.69 Å². The molecule has 33 heavy (non-hydrogen) atoms. The average molecular weight is 443 g/mol. The average Bonchev–Trinajstić information content (AvgIpc) is 3.55. The number of carbonyl (C=O) groups is 3. The summed E-state index contributed by atoms with van der Waals surface area (Å²) in [6.45, 7) is 3.81. The summed E-state index contributed by atoms with van der Waals surface area (Å²) >= 11 is 0. The Morgan fingerprint density at radius 2 is 1.48 bits per heavy atom. The van der Waals surface area contributed by atoms with Gasteiger partial charge in [-0.1, -0.05) is 18.2 Å². The van der Waals surface area contributed by atoms with Crippen molar-refractivity contribution in [3.05, 3.63) is 65.7 Å². The zero-order valence-corrected chi connectivity index (χ0v) is 18.7. The van der Waals surface area contributed by atoms with Crippen LogP contribution in [0.2, 0.25) is 0 Å². The summed E-state index contributed by atoms with van der Waals surface area (Å²) in [5.41, 5.74) is 2.84. The second kappa shape index (κ2) is 7.30. The fraction of sp³-hybridized carbons (Fsp3) is 0.370. The summed E-state index contributed by atoms with van der Waals surface area (Å²) in [5, 5.41) is 2.80. The van der Waals surface area contributed by atoms with Crippen molar-refractivity contribution in [3.63, 3.8) is 0 Å².